The maximum atomic E-state index is 4.36. The average molecular weight is 221 g/mol. The molecule has 1 unspecified atom stereocenters. The van der Waals surface area contributed by atoms with Crippen molar-refractivity contribution in [2.45, 2.75) is 51.5 Å². The Morgan fingerprint density at radius 2 is 2.31 bits per heavy atom. The first-order valence-electron chi connectivity index (χ1n) is 6.24. The number of hydrogen-bond donors (Lipinski definition) is 1. The molecule has 1 atom stereocenters. The average Bonchev–Trinajstić information content (AvgIpc) is 2.86. The summed E-state index contributed by atoms with van der Waals surface area (Å²) >= 11 is 0. The maximum absolute atomic E-state index is 4.36. The van der Waals surface area contributed by atoms with Crippen LogP contribution in [-0.2, 0) is 11.0 Å². The summed E-state index contributed by atoms with van der Waals surface area (Å²) in [5.74, 6) is 0. The minimum absolute atomic E-state index is 0.164. The van der Waals surface area contributed by atoms with Gasteiger partial charge in [-0.25, -0.2) is 4.98 Å². The molecule has 3 nitrogen and oxygen atoms in total. The van der Waals surface area contributed by atoms with E-state index >= 15 is 0 Å². The Morgan fingerprint density at radius 3 is 2.88 bits per heavy atom. The van der Waals surface area contributed by atoms with Crippen molar-refractivity contribution in [2.75, 3.05) is 13.1 Å². The third kappa shape index (κ3) is 1.77. The third-order valence-electron chi connectivity index (χ3n) is 4.14. The Balaban J connectivity index is 2.39. The van der Waals surface area contributed by atoms with Gasteiger partial charge in [-0.05, 0) is 33.2 Å². The van der Waals surface area contributed by atoms with E-state index in [1.54, 1.807) is 0 Å². The molecule has 0 bridgehead atoms. The molecule has 0 aromatic carbocycles. The van der Waals surface area contributed by atoms with Crippen molar-refractivity contribution in [3.63, 3.8) is 0 Å². The van der Waals surface area contributed by atoms with Crippen LogP contribution in [0.1, 0.15) is 46.2 Å². The highest BCUT2D eigenvalue weighted by atomic mass is 15.1. The van der Waals surface area contributed by atoms with Gasteiger partial charge in [0.15, 0.2) is 0 Å². The van der Waals surface area contributed by atoms with Crippen molar-refractivity contribution >= 4 is 0 Å². The molecule has 16 heavy (non-hydrogen) atoms. The van der Waals surface area contributed by atoms with E-state index < -0.39 is 0 Å². The van der Waals surface area contributed by atoms with E-state index in [2.05, 4.69) is 42.6 Å². The molecule has 0 spiro atoms. The predicted molar refractivity (Wildman–Crippen MR) is 66.7 cm³/mol. The number of nitrogens with one attached hydrogen (secondary N) is 1. The van der Waals surface area contributed by atoms with E-state index in [1.807, 2.05) is 12.5 Å². The second kappa shape index (κ2) is 3.88. The maximum Gasteiger partial charge on any atom is 0.0953 e. The third-order valence-corrected chi connectivity index (χ3v) is 4.14. The van der Waals surface area contributed by atoms with Gasteiger partial charge in [-0.15, -0.1) is 0 Å². The van der Waals surface area contributed by atoms with Gasteiger partial charge in [0.25, 0.3) is 0 Å². The number of imidazole rings is 1. The first kappa shape index (κ1) is 11.6. The summed E-state index contributed by atoms with van der Waals surface area (Å²) in [7, 11) is 0. The van der Waals surface area contributed by atoms with Crippen LogP contribution in [0.15, 0.2) is 12.5 Å². The van der Waals surface area contributed by atoms with Gasteiger partial charge in [0, 0.05) is 29.4 Å². The van der Waals surface area contributed by atoms with E-state index in [0.717, 1.165) is 19.5 Å². The van der Waals surface area contributed by atoms with Gasteiger partial charge in [0.05, 0.1) is 6.33 Å². The van der Waals surface area contributed by atoms with E-state index in [0.29, 0.717) is 0 Å². The van der Waals surface area contributed by atoms with Crippen LogP contribution in [0.2, 0.25) is 0 Å². The molecule has 1 fully saturated rings. The fraction of sp³-hybridized carbons (Fsp3) is 0.769. The van der Waals surface area contributed by atoms with Crippen LogP contribution in [0.25, 0.3) is 0 Å². The molecule has 1 aliphatic rings. The fourth-order valence-electron chi connectivity index (χ4n) is 2.43. The number of rotatable bonds is 3. The lowest BCUT2D eigenvalue weighted by atomic mass is 9.85. The minimum Gasteiger partial charge on any atom is -0.328 e. The highest BCUT2D eigenvalue weighted by Crippen LogP contribution is 2.33. The monoisotopic (exact) mass is 221 g/mol. The van der Waals surface area contributed by atoms with Crippen molar-refractivity contribution < 1.29 is 0 Å². The molecule has 1 aliphatic heterocycles. The molecule has 1 aromatic heterocycles. The molecule has 0 radical (unpaired) electrons. The van der Waals surface area contributed by atoms with Gasteiger partial charge in [0.1, 0.15) is 0 Å². The summed E-state index contributed by atoms with van der Waals surface area (Å²) in [6.07, 6.45) is 6.37. The molecule has 1 aromatic rings. The molecule has 1 saturated heterocycles. The van der Waals surface area contributed by atoms with Crippen molar-refractivity contribution in [3.8, 4) is 0 Å². The van der Waals surface area contributed by atoms with E-state index in [1.165, 1.54) is 12.1 Å². The van der Waals surface area contributed by atoms with Crippen LogP contribution in [0.5, 0.6) is 0 Å². The van der Waals surface area contributed by atoms with Crippen LogP contribution in [0, 0.1) is 0 Å². The number of nitrogens with zero attached hydrogens (tertiary/aromatic N) is 2. The second-order valence-corrected chi connectivity index (χ2v) is 5.80. The van der Waals surface area contributed by atoms with Crippen LogP contribution in [0.4, 0.5) is 0 Å². The topological polar surface area (TPSA) is 29.9 Å². The molecule has 3 heteroatoms. The van der Waals surface area contributed by atoms with Crippen LogP contribution in [-0.4, -0.2) is 22.6 Å². The first-order chi connectivity index (χ1) is 7.49. The second-order valence-electron chi connectivity index (χ2n) is 5.80. The Kier molecular flexibility index (Phi) is 2.82. The summed E-state index contributed by atoms with van der Waals surface area (Å²) in [5.41, 5.74) is 1.80. The minimum atomic E-state index is 0.164. The van der Waals surface area contributed by atoms with Gasteiger partial charge in [-0.1, -0.05) is 13.8 Å². The summed E-state index contributed by atoms with van der Waals surface area (Å²) in [4.78, 5) is 4.36. The highest BCUT2D eigenvalue weighted by Gasteiger charge is 2.35. The smallest absolute Gasteiger partial charge is 0.0953 e. The SMILES string of the molecule is CCC(C)(C)n1cncc1C1(C)CCNC1. The van der Waals surface area contributed by atoms with E-state index in [4.69, 9.17) is 0 Å². The summed E-state index contributed by atoms with van der Waals surface area (Å²) in [6, 6.07) is 0. The van der Waals surface area contributed by atoms with Gasteiger partial charge in [-0.2, -0.15) is 0 Å². The highest BCUT2D eigenvalue weighted by molar-refractivity contribution is 5.19. The van der Waals surface area contributed by atoms with Gasteiger partial charge in [-0.3, -0.25) is 0 Å². The van der Waals surface area contributed by atoms with Gasteiger partial charge in [0.2, 0.25) is 0 Å². The summed E-state index contributed by atoms with van der Waals surface area (Å²) in [5, 5.41) is 3.46. The molecule has 0 saturated carbocycles. The van der Waals surface area contributed by atoms with Crippen molar-refractivity contribution in [1.29, 1.82) is 0 Å². The zero-order valence-corrected chi connectivity index (χ0v) is 10.9. The van der Waals surface area contributed by atoms with E-state index in [9.17, 15) is 0 Å². The standard InChI is InChI=1S/C13H23N3/c1-5-12(2,3)16-10-15-8-11(16)13(4)6-7-14-9-13/h8,10,14H,5-7,9H2,1-4H3. The Bertz CT molecular complexity index is 359. The van der Waals surface area contributed by atoms with Gasteiger partial charge >= 0.3 is 0 Å². The number of aromatic nitrogens is 2. The Morgan fingerprint density at radius 1 is 1.56 bits per heavy atom. The lowest BCUT2D eigenvalue weighted by Gasteiger charge is -2.33. The summed E-state index contributed by atoms with van der Waals surface area (Å²) in [6.45, 7) is 11.3. The number of hydrogen-bond acceptors (Lipinski definition) is 2. The Hall–Kier alpha value is -0.830. The molecule has 0 aliphatic carbocycles. The van der Waals surface area contributed by atoms with Crippen molar-refractivity contribution in [2.24, 2.45) is 0 Å². The lowest BCUT2D eigenvalue weighted by Crippen LogP contribution is -2.34. The lowest BCUT2D eigenvalue weighted by molar-refractivity contribution is 0.310. The largest absolute Gasteiger partial charge is 0.328 e. The van der Waals surface area contributed by atoms with E-state index in [-0.39, 0.29) is 11.0 Å². The zero-order valence-electron chi connectivity index (χ0n) is 10.9. The fourth-order valence-corrected chi connectivity index (χ4v) is 2.43. The van der Waals surface area contributed by atoms with Crippen molar-refractivity contribution in [1.82, 2.24) is 14.9 Å². The molecule has 2 heterocycles. The molecular weight excluding hydrogens is 198 g/mol. The normalized spacial score (nSPS) is 26.2. The predicted octanol–water partition coefficient (Wildman–Crippen LogP) is 2.28. The zero-order chi connectivity index (χ0) is 11.8. The van der Waals surface area contributed by atoms with Gasteiger partial charge < -0.3 is 9.88 Å². The molecular formula is C13H23N3. The van der Waals surface area contributed by atoms with Crippen LogP contribution in [0.3, 0.4) is 0 Å². The van der Waals surface area contributed by atoms with Crippen LogP contribution < -0.4 is 5.32 Å². The quantitative estimate of drug-likeness (QED) is 0.848. The summed E-state index contributed by atoms with van der Waals surface area (Å²) < 4.78 is 2.36. The molecule has 2 rings (SSSR count). The Labute approximate surface area is 98.3 Å². The molecule has 1 N–H and O–H groups in total. The molecule has 90 valence electrons. The molecule has 0 amide bonds. The first-order valence-corrected chi connectivity index (χ1v) is 6.24. The van der Waals surface area contributed by atoms with Crippen molar-refractivity contribution in [3.05, 3.63) is 18.2 Å². The van der Waals surface area contributed by atoms with Crippen LogP contribution >= 0.6 is 0 Å².